The van der Waals surface area contributed by atoms with Gasteiger partial charge in [-0.1, -0.05) is 25.0 Å². The summed E-state index contributed by atoms with van der Waals surface area (Å²) in [6.07, 6.45) is 4.46. The Morgan fingerprint density at radius 2 is 1.64 bits per heavy atom. The molecule has 28 heavy (non-hydrogen) atoms. The highest BCUT2D eigenvalue weighted by Crippen LogP contribution is 2.12. The first-order valence-electron chi connectivity index (χ1n) is 9.29. The highest BCUT2D eigenvalue weighted by Gasteiger charge is 2.15. The van der Waals surface area contributed by atoms with Crippen molar-refractivity contribution in [3.63, 3.8) is 0 Å². The Kier molecular flexibility index (Phi) is 9.70. The van der Waals surface area contributed by atoms with E-state index in [1.54, 1.807) is 45.0 Å². The van der Waals surface area contributed by atoms with Crippen molar-refractivity contribution in [1.82, 2.24) is 5.43 Å². The molecule has 1 aromatic carbocycles. The minimum Gasteiger partial charge on any atom is -0.481 e. The van der Waals surface area contributed by atoms with Gasteiger partial charge in [0.2, 0.25) is 5.91 Å². The molecule has 0 heterocycles. The fourth-order valence-electron chi connectivity index (χ4n) is 2.22. The van der Waals surface area contributed by atoms with Gasteiger partial charge in [-0.15, -0.1) is 0 Å². The summed E-state index contributed by atoms with van der Waals surface area (Å²) < 4.78 is 5.18. The van der Waals surface area contributed by atoms with E-state index < -0.39 is 17.7 Å². The highest BCUT2D eigenvalue weighted by molar-refractivity contribution is 5.87. The van der Waals surface area contributed by atoms with E-state index >= 15 is 0 Å². The number of amides is 2. The van der Waals surface area contributed by atoms with Crippen LogP contribution in [0.3, 0.4) is 0 Å². The molecule has 0 saturated heterocycles. The molecule has 0 saturated carbocycles. The molecule has 3 N–H and O–H groups in total. The highest BCUT2D eigenvalue weighted by atomic mass is 16.6. The predicted molar refractivity (Wildman–Crippen MR) is 107 cm³/mol. The summed E-state index contributed by atoms with van der Waals surface area (Å²) in [5.41, 5.74) is 3.26. The second-order valence-corrected chi connectivity index (χ2v) is 7.35. The van der Waals surface area contributed by atoms with Gasteiger partial charge in [0.1, 0.15) is 5.60 Å². The Bertz CT molecular complexity index is 678. The molecule has 0 fully saturated rings. The lowest BCUT2D eigenvalue weighted by Crippen LogP contribution is -2.27. The first-order valence-corrected chi connectivity index (χ1v) is 9.29. The number of benzene rings is 1. The standard InChI is InChI=1S/C20H29N3O5/c1-20(2,3)28-19(27)22-16-12-10-15(11-13-16)14-21-23-17(24)8-6-4-5-7-9-18(25)26/h10-14H,4-9H2,1-3H3,(H,22,27)(H,23,24)(H,25,26)/b21-14+. The Balaban J connectivity index is 2.28. The fourth-order valence-corrected chi connectivity index (χ4v) is 2.22. The van der Waals surface area contributed by atoms with E-state index in [1.165, 1.54) is 6.21 Å². The smallest absolute Gasteiger partial charge is 0.412 e. The number of ether oxygens (including phenoxy) is 1. The lowest BCUT2D eigenvalue weighted by atomic mass is 10.1. The van der Waals surface area contributed by atoms with Crippen molar-refractivity contribution in [3.8, 4) is 0 Å². The van der Waals surface area contributed by atoms with Crippen molar-refractivity contribution < 1.29 is 24.2 Å². The Morgan fingerprint density at radius 1 is 1.04 bits per heavy atom. The summed E-state index contributed by atoms with van der Waals surface area (Å²) >= 11 is 0. The van der Waals surface area contributed by atoms with E-state index in [1.807, 2.05) is 0 Å². The number of rotatable bonds is 10. The minimum absolute atomic E-state index is 0.169. The fraction of sp³-hybridized carbons (Fsp3) is 0.500. The Labute approximate surface area is 165 Å². The van der Waals surface area contributed by atoms with Gasteiger partial charge in [-0.05, 0) is 51.3 Å². The molecule has 8 heteroatoms. The molecule has 0 aliphatic heterocycles. The van der Waals surface area contributed by atoms with Gasteiger partial charge in [0.05, 0.1) is 6.21 Å². The number of unbranched alkanes of at least 4 members (excludes halogenated alkanes) is 3. The number of anilines is 1. The maximum Gasteiger partial charge on any atom is 0.412 e. The third-order valence-corrected chi connectivity index (χ3v) is 3.50. The number of carbonyl (C=O) groups is 3. The quantitative estimate of drug-likeness (QED) is 0.318. The topological polar surface area (TPSA) is 117 Å². The van der Waals surface area contributed by atoms with E-state index in [2.05, 4.69) is 15.8 Å². The summed E-state index contributed by atoms with van der Waals surface area (Å²) in [5, 5.41) is 15.1. The number of carboxylic acids is 1. The maximum absolute atomic E-state index is 11.7. The van der Waals surface area contributed by atoms with Crippen LogP contribution in [-0.2, 0) is 14.3 Å². The molecule has 0 atom stereocenters. The molecule has 0 unspecified atom stereocenters. The van der Waals surface area contributed by atoms with Crippen molar-refractivity contribution in [2.45, 2.75) is 64.9 Å². The van der Waals surface area contributed by atoms with Crippen molar-refractivity contribution in [3.05, 3.63) is 29.8 Å². The number of hydrazone groups is 1. The van der Waals surface area contributed by atoms with Crippen LogP contribution in [0.1, 0.15) is 64.9 Å². The van der Waals surface area contributed by atoms with Gasteiger partial charge in [-0.25, -0.2) is 10.2 Å². The normalized spacial score (nSPS) is 11.2. The van der Waals surface area contributed by atoms with Gasteiger partial charge in [0.15, 0.2) is 0 Å². The zero-order valence-electron chi connectivity index (χ0n) is 16.7. The number of carboxylic acid groups (broad SMARTS) is 1. The average Bonchev–Trinajstić information content (AvgIpc) is 2.57. The largest absolute Gasteiger partial charge is 0.481 e. The second-order valence-electron chi connectivity index (χ2n) is 7.35. The summed E-state index contributed by atoms with van der Waals surface area (Å²) in [6, 6.07) is 6.93. The molecule has 0 aliphatic carbocycles. The van der Waals surface area contributed by atoms with Crippen LogP contribution < -0.4 is 10.7 Å². The lowest BCUT2D eigenvalue weighted by Gasteiger charge is -2.19. The van der Waals surface area contributed by atoms with Gasteiger partial charge in [-0.3, -0.25) is 14.9 Å². The minimum atomic E-state index is -0.791. The molecule has 1 rings (SSSR count). The van der Waals surface area contributed by atoms with Crippen LogP contribution >= 0.6 is 0 Å². The number of aliphatic carboxylic acids is 1. The van der Waals surface area contributed by atoms with Crippen LogP contribution in [0.25, 0.3) is 0 Å². The van der Waals surface area contributed by atoms with Gasteiger partial charge in [0, 0.05) is 18.5 Å². The van der Waals surface area contributed by atoms with Crippen LogP contribution in [0.15, 0.2) is 29.4 Å². The van der Waals surface area contributed by atoms with E-state index in [0.717, 1.165) is 18.4 Å². The first-order chi connectivity index (χ1) is 13.2. The molecule has 2 amide bonds. The van der Waals surface area contributed by atoms with Crippen molar-refractivity contribution in [2.24, 2.45) is 5.10 Å². The molecule has 0 spiro atoms. The van der Waals surface area contributed by atoms with Crippen LogP contribution in [0.4, 0.5) is 10.5 Å². The third-order valence-electron chi connectivity index (χ3n) is 3.50. The summed E-state index contributed by atoms with van der Waals surface area (Å²) in [5.74, 6) is -0.974. The number of carbonyl (C=O) groups excluding carboxylic acids is 2. The molecule has 1 aromatic rings. The molecular formula is C20H29N3O5. The Morgan fingerprint density at radius 3 is 2.21 bits per heavy atom. The van der Waals surface area contributed by atoms with Crippen molar-refractivity contribution in [1.29, 1.82) is 0 Å². The summed E-state index contributed by atoms with van der Waals surface area (Å²) in [6.45, 7) is 5.37. The third kappa shape index (κ3) is 11.7. The number of nitrogens with zero attached hydrogens (tertiary/aromatic N) is 1. The van der Waals surface area contributed by atoms with Crippen molar-refractivity contribution in [2.75, 3.05) is 5.32 Å². The van der Waals surface area contributed by atoms with E-state index in [9.17, 15) is 14.4 Å². The Hall–Kier alpha value is -2.90. The van der Waals surface area contributed by atoms with Crippen LogP contribution in [0.5, 0.6) is 0 Å². The lowest BCUT2D eigenvalue weighted by molar-refractivity contribution is -0.137. The summed E-state index contributed by atoms with van der Waals surface area (Å²) in [7, 11) is 0. The number of hydrogen-bond donors (Lipinski definition) is 3. The van der Waals surface area contributed by atoms with Crippen LogP contribution in [0, 0.1) is 0 Å². The molecule has 154 valence electrons. The zero-order chi connectivity index (χ0) is 21.0. The van der Waals surface area contributed by atoms with E-state index in [4.69, 9.17) is 9.84 Å². The van der Waals surface area contributed by atoms with Gasteiger partial charge >= 0.3 is 12.1 Å². The average molecular weight is 391 g/mol. The summed E-state index contributed by atoms with van der Waals surface area (Å²) in [4.78, 5) is 33.8. The number of nitrogens with one attached hydrogen (secondary N) is 2. The van der Waals surface area contributed by atoms with Crippen LogP contribution in [0.2, 0.25) is 0 Å². The zero-order valence-corrected chi connectivity index (χ0v) is 16.7. The molecular weight excluding hydrogens is 362 g/mol. The molecule has 0 radical (unpaired) electrons. The second kappa shape index (κ2) is 11.7. The van der Waals surface area contributed by atoms with Gasteiger partial charge in [0.25, 0.3) is 0 Å². The predicted octanol–water partition coefficient (Wildman–Crippen LogP) is 3.91. The van der Waals surface area contributed by atoms with Gasteiger partial charge in [-0.2, -0.15) is 5.10 Å². The van der Waals surface area contributed by atoms with E-state index in [0.29, 0.717) is 24.9 Å². The molecule has 8 nitrogen and oxygen atoms in total. The maximum atomic E-state index is 11.7. The molecule has 0 aliphatic rings. The van der Waals surface area contributed by atoms with Gasteiger partial charge < -0.3 is 9.84 Å². The monoisotopic (exact) mass is 391 g/mol. The van der Waals surface area contributed by atoms with Crippen LogP contribution in [-0.4, -0.2) is 34.9 Å². The first kappa shape index (κ1) is 23.1. The molecule has 0 bridgehead atoms. The SMILES string of the molecule is CC(C)(C)OC(=O)Nc1ccc(/C=N/NC(=O)CCCCCCC(=O)O)cc1. The number of hydrogen-bond acceptors (Lipinski definition) is 5. The molecule has 0 aromatic heterocycles. The van der Waals surface area contributed by atoms with Crippen molar-refractivity contribution >= 4 is 29.9 Å². The van der Waals surface area contributed by atoms with E-state index in [-0.39, 0.29) is 12.3 Å².